The van der Waals surface area contributed by atoms with Gasteiger partial charge in [-0.2, -0.15) is 15.2 Å². The Morgan fingerprint density at radius 2 is 1.98 bits per heavy atom. The first-order valence-corrected chi connectivity index (χ1v) is 15.0. The molecule has 3 aliphatic rings. The average Bonchev–Trinajstić information content (AvgIpc) is 2.98. The highest BCUT2D eigenvalue weighted by atomic mass is 19.1. The number of rotatable bonds is 8. The van der Waals surface area contributed by atoms with Crippen molar-refractivity contribution in [2.75, 3.05) is 49.3 Å². The van der Waals surface area contributed by atoms with Crippen LogP contribution in [0.2, 0.25) is 0 Å². The van der Waals surface area contributed by atoms with E-state index in [2.05, 4.69) is 59.2 Å². The first kappa shape index (κ1) is 28.0. The zero-order valence-corrected chi connectivity index (χ0v) is 24.1. The van der Waals surface area contributed by atoms with Crippen LogP contribution in [0, 0.1) is 24.2 Å². The number of allylic oxidation sites excluding steroid dienone is 1. The summed E-state index contributed by atoms with van der Waals surface area (Å²) in [5.74, 6) is 1.13. The van der Waals surface area contributed by atoms with Crippen molar-refractivity contribution in [2.45, 2.75) is 51.6 Å². The maximum Gasteiger partial charge on any atom is 0.318 e. The number of nitrogens with zero attached hydrogens (tertiary/aromatic N) is 6. The van der Waals surface area contributed by atoms with Crippen LogP contribution in [0.15, 0.2) is 48.6 Å². The number of hydrogen-bond acceptors (Lipinski definition) is 7. The molecule has 1 aromatic heterocycles. The third-order valence-electron chi connectivity index (χ3n) is 8.87. The van der Waals surface area contributed by atoms with Crippen molar-refractivity contribution in [3.8, 4) is 12.1 Å². The molecule has 0 unspecified atom stereocenters. The van der Waals surface area contributed by atoms with Crippen LogP contribution in [-0.4, -0.2) is 66.3 Å². The predicted octanol–water partition coefficient (Wildman–Crippen LogP) is 5.14. The molecule has 0 N–H and O–H groups in total. The maximum absolute atomic E-state index is 12.7. The van der Waals surface area contributed by atoms with Crippen molar-refractivity contribution in [3.05, 3.63) is 65.4 Å². The smallest absolute Gasteiger partial charge is 0.318 e. The molecule has 1 saturated carbocycles. The fraction of sp³-hybridized carbons (Fsp3) is 0.455. The lowest BCUT2D eigenvalue weighted by Crippen LogP contribution is -2.55. The Bertz CT molecular complexity index is 1530. The van der Waals surface area contributed by atoms with E-state index in [1.165, 1.54) is 53.4 Å². The highest BCUT2D eigenvalue weighted by Crippen LogP contribution is 2.36. The molecule has 2 aliphatic heterocycles. The van der Waals surface area contributed by atoms with Gasteiger partial charge >= 0.3 is 6.01 Å². The Hall–Kier alpha value is -4.19. The number of halogens is 1. The summed E-state index contributed by atoms with van der Waals surface area (Å²) >= 11 is 0. The molecule has 42 heavy (non-hydrogen) atoms. The molecule has 0 radical (unpaired) electrons. The van der Waals surface area contributed by atoms with Crippen LogP contribution in [0.4, 0.5) is 15.9 Å². The number of fused-ring (bicyclic) bond motifs is 2. The molecule has 3 aromatic rings. The van der Waals surface area contributed by atoms with Gasteiger partial charge in [0.1, 0.15) is 12.5 Å². The number of ether oxygens (including phenoxy) is 1. The van der Waals surface area contributed by atoms with Crippen molar-refractivity contribution in [3.63, 3.8) is 0 Å². The second-order valence-corrected chi connectivity index (χ2v) is 11.5. The number of anilines is 2. The molecule has 218 valence electrons. The van der Waals surface area contributed by atoms with Crippen LogP contribution in [-0.2, 0) is 17.8 Å². The molecule has 2 fully saturated rings. The summed E-state index contributed by atoms with van der Waals surface area (Å²) in [5, 5.41) is 12.0. The van der Waals surface area contributed by atoms with Crippen LogP contribution >= 0.6 is 0 Å². The molecule has 0 spiro atoms. The van der Waals surface area contributed by atoms with Crippen molar-refractivity contribution < 1.29 is 13.9 Å². The van der Waals surface area contributed by atoms with E-state index in [9.17, 15) is 14.4 Å². The van der Waals surface area contributed by atoms with Crippen molar-refractivity contribution >= 4 is 28.2 Å². The van der Waals surface area contributed by atoms with Gasteiger partial charge in [0.2, 0.25) is 5.91 Å². The minimum Gasteiger partial charge on any atom is -0.463 e. The summed E-state index contributed by atoms with van der Waals surface area (Å²) in [4.78, 5) is 28.9. The fourth-order valence-electron chi connectivity index (χ4n) is 6.40. The number of carbonyl (C=O) groups excluding carboxylic acids is 1. The van der Waals surface area contributed by atoms with Gasteiger partial charge in [0.05, 0.1) is 37.4 Å². The Labute approximate surface area is 246 Å². The van der Waals surface area contributed by atoms with Crippen molar-refractivity contribution in [2.24, 2.45) is 5.92 Å². The van der Waals surface area contributed by atoms with E-state index in [-0.39, 0.29) is 18.4 Å². The van der Waals surface area contributed by atoms with E-state index >= 15 is 0 Å². The van der Waals surface area contributed by atoms with Gasteiger partial charge in [0, 0.05) is 48.9 Å². The number of amides is 1. The fourth-order valence-corrected chi connectivity index (χ4v) is 6.40. The number of carbonyl (C=O) groups is 1. The van der Waals surface area contributed by atoms with Crippen LogP contribution in [0.25, 0.3) is 10.8 Å². The molecule has 0 bridgehead atoms. The molecule has 6 rings (SSSR count). The maximum atomic E-state index is 12.7. The second-order valence-electron chi connectivity index (χ2n) is 11.5. The van der Waals surface area contributed by atoms with E-state index in [0.717, 1.165) is 30.0 Å². The first-order valence-electron chi connectivity index (χ1n) is 15.0. The normalized spacial score (nSPS) is 19.1. The third-order valence-corrected chi connectivity index (χ3v) is 8.87. The Balaban J connectivity index is 1.32. The molecular weight excluding hydrogens is 531 g/mol. The number of aryl methyl sites for hydroxylation is 1. The summed E-state index contributed by atoms with van der Waals surface area (Å²) in [6.45, 7) is 5.02. The quantitative estimate of drug-likeness (QED) is 0.348. The van der Waals surface area contributed by atoms with Crippen molar-refractivity contribution in [1.29, 1.82) is 5.26 Å². The molecule has 1 saturated heterocycles. The summed E-state index contributed by atoms with van der Waals surface area (Å²) < 4.78 is 18.9. The number of piperazine rings is 1. The molecule has 1 amide bonds. The summed E-state index contributed by atoms with van der Waals surface area (Å²) in [6.07, 6.45) is 7.04. The van der Waals surface area contributed by atoms with E-state index in [0.29, 0.717) is 44.7 Å². The highest BCUT2D eigenvalue weighted by Gasteiger charge is 2.33. The zero-order valence-electron chi connectivity index (χ0n) is 24.1. The van der Waals surface area contributed by atoms with Gasteiger partial charge in [0.25, 0.3) is 0 Å². The molecule has 9 heteroatoms. The van der Waals surface area contributed by atoms with Crippen molar-refractivity contribution in [1.82, 2.24) is 14.9 Å². The minimum atomic E-state index is -0.694. The Kier molecular flexibility index (Phi) is 8.22. The van der Waals surface area contributed by atoms with E-state index in [1.54, 1.807) is 4.90 Å². The average molecular weight is 569 g/mol. The molecule has 8 nitrogen and oxygen atoms in total. The lowest BCUT2D eigenvalue weighted by molar-refractivity contribution is -0.128. The van der Waals surface area contributed by atoms with Gasteiger partial charge in [-0.1, -0.05) is 36.8 Å². The number of aromatic nitrogens is 2. The summed E-state index contributed by atoms with van der Waals surface area (Å²) in [7, 11) is 0. The number of alkyl halides is 1. The SMILES string of the molecule is Cc1cccc2cccc(N3CCc4c(nc(OCC5CCC5)nc4N4CCN(C(=O)/C=C/CF)[C@@H](CC#N)C4)C3)c12. The number of nitriles is 1. The molecular formula is C33H37FN6O2. The summed E-state index contributed by atoms with van der Waals surface area (Å²) in [6, 6.07) is 15.2. The Morgan fingerprint density at radius 1 is 1.14 bits per heavy atom. The zero-order chi connectivity index (χ0) is 29.1. The van der Waals surface area contributed by atoms with Gasteiger partial charge < -0.3 is 19.4 Å². The standard InChI is InChI=1S/C33H37FN6O2/c1-23-6-2-9-25-10-4-11-29(31(23)25)38-17-14-27-28(21-38)36-33(42-22-24-7-3-8-24)37-32(27)39-18-19-40(26(20-39)13-16-35)30(41)12-5-15-34/h2,4-6,9-12,24,26H,3,7-8,13-15,17-22H2,1H3/b12-5+/t26-/m0/s1. The minimum absolute atomic E-state index is 0.193. The predicted molar refractivity (Wildman–Crippen MR) is 161 cm³/mol. The van der Waals surface area contributed by atoms with E-state index < -0.39 is 6.67 Å². The van der Waals surface area contributed by atoms with E-state index in [1.807, 2.05) is 0 Å². The van der Waals surface area contributed by atoms with Crippen LogP contribution in [0.3, 0.4) is 0 Å². The van der Waals surface area contributed by atoms with Gasteiger partial charge in [-0.3, -0.25) is 4.79 Å². The van der Waals surface area contributed by atoms with Crippen LogP contribution in [0.5, 0.6) is 6.01 Å². The molecule has 2 aromatic carbocycles. The Morgan fingerprint density at radius 3 is 2.74 bits per heavy atom. The van der Waals surface area contributed by atoms with Gasteiger partial charge in [0.15, 0.2) is 0 Å². The number of benzene rings is 2. The van der Waals surface area contributed by atoms with E-state index in [4.69, 9.17) is 14.7 Å². The monoisotopic (exact) mass is 568 g/mol. The second kappa shape index (κ2) is 12.4. The lowest BCUT2D eigenvalue weighted by atomic mass is 9.86. The largest absolute Gasteiger partial charge is 0.463 e. The third kappa shape index (κ3) is 5.63. The van der Waals surface area contributed by atoms with Crippen LogP contribution < -0.4 is 14.5 Å². The van der Waals surface area contributed by atoms with Crippen LogP contribution in [0.1, 0.15) is 42.5 Å². The lowest BCUT2D eigenvalue weighted by Gasteiger charge is -2.42. The highest BCUT2D eigenvalue weighted by molar-refractivity contribution is 5.97. The molecule has 1 aliphatic carbocycles. The summed E-state index contributed by atoms with van der Waals surface area (Å²) in [5.41, 5.74) is 4.52. The topological polar surface area (TPSA) is 85.6 Å². The molecule has 3 heterocycles. The van der Waals surface area contributed by atoms with Gasteiger partial charge in [-0.15, -0.1) is 0 Å². The van der Waals surface area contributed by atoms with Gasteiger partial charge in [-0.05, 0) is 55.2 Å². The molecule has 1 atom stereocenters. The first-order chi connectivity index (χ1) is 20.6. The number of hydrogen-bond donors (Lipinski definition) is 0. The van der Waals surface area contributed by atoms with Gasteiger partial charge in [-0.25, -0.2) is 4.39 Å².